The molecule has 3 atom stereocenters. The lowest BCUT2D eigenvalue weighted by atomic mass is 9.77. The molecule has 0 radical (unpaired) electrons. The fourth-order valence-corrected chi connectivity index (χ4v) is 3.53. The number of ketones is 1. The van der Waals surface area contributed by atoms with Crippen molar-refractivity contribution in [2.24, 2.45) is 5.92 Å². The summed E-state index contributed by atoms with van der Waals surface area (Å²) in [6.45, 7) is 1.75. The number of hydrogen-bond donors (Lipinski definition) is 3. The first kappa shape index (κ1) is 21.4. The van der Waals surface area contributed by atoms with Crippen molar-refractivity contribution in [3.05, 3.63) is 69.2 Å². The summed E-state index contributed by atoms with van der Waals surface area (Å²) in [6.07, 6.45) is -5.33. The molecule has 1 aliphatic heterocycles. The van der Waals surface area contributed by atoms with Gasteiger partial charge in [-0.05, 0) is 24.6 Å². The zero-order chi connectivity index (χ0) is 21.6. The quantitative estimate of drug-likeness (QED) is 0.611. The van der Waals surface area contributed by atoms with Crippen molar-refractivity contribution in [2.45, 2.75) is 24.9 Å². The van der Waals surface area contributed by atoms with Gasteiger partial charge in [-0.15, -0.1) is 0 Å². The maximum Gasteiger partial charge on any atom is 0.437 e. The smallest absolute Gasteiger partial charge is 0.363 e. The minimum atomic E-state index is -5.33. The molecule has 0 spiro atoms. The van der Waals surface area contributed by atoms with Crippen molar-refractivity contribution in [3.8, 4) is 0 Å². The predicted molar refractivity (Wildman–Crippen MR) is 101 cm³/mol. The van der Waals surface area contributed by atoms with E-state index in [1.165, 1.54) is 35.6 Å². The van der Waals surface area contributed by atoms with Gasteiger partial charge in [0.2, 0.25) is 5.72 Å². The number of carbonyl (C=O) groups excluding carboxylic acids is 2. The number of aryl methyl sites for hydroxylation is 1. The third-order valence-corrected chi connectivity index (χ3v) is 5.47. The summed E-state index contributed by atoms with van der Waals surface area (Å²) >= 11 is 11.8. The number of amides is 2. The molecule has 1 saturated heterocycles. The second kappa shape index (κ2) is 7.51. The van der Waals surface area contributed by atoms with Gasteiger partial charge >= 0.3 is 12.2 Å². The largest absolute Gasteiger partial charge is 0.437 e. The molecule has 5 nitrogen and oxygen atoms in total. The van der Waals surface area contributed by atoms with E-state index in [1.807, 2.05) is 0 Å². The van der Waals surface area contributed by atoms with Gasteiger partial charge in [0, 0.05) is 5.56 Å². The lowest BCUT2D eigenvalue weighted by molar-refractivity contribution is -0.287. The average Bonchev–Trinajstić information content (AvgIpc) is 2.62. The van der Waals surface area contributed by atoms with E-state index >= 15 is 0 Å². The van der Waals surface area contributed by atoms with Gasteiger partial charge in [0.25, 0.3) is 0 Å². The fraction of sp³-hybridized carbons (Fsp3) is 0.263. The molecular formula is C19H15Cl2F3N2O3. The molecule has 1 aliphatic rings. The van der Waals surface area contributed by atoms with Crippen LogP contribution in [0.1, 0.15) is 27.5 Å². The summed E-state index contributed by atoms with van der Waals surface area (Å²) in [4.78, 5) is 25.1. The highest BCUT2D eigenvalue weighted by atomic mass is 35.5. The van der Waals surface area contributed by atoms with E-state index in [2.05, 4.69) is 5.32 Å². The lowest BCUT2D eigenvalue weighted by Gasteiger charge is -2.45. The molecule has 1 fully saturated rings. The summed E-state index contributed by atoms with van der Waals surface area (Å²) in [7, 11) is 0. The Morgan fingerprint density at radius 2 is 1.72 bits per heavy atom. The number of halogens is 5. The third kappa shape index (κ3) is 3.92. The SMILES string of the molecule is Cc1ccc(C(=O)[C@@H]2[C@@H](c3ccc(Cl)c(Cl)c3)NC(=O)N[C@]2(O)C(F)(F)F)cc1. The summed E-state index contributed by atoms with van der Waals surface area (Å²) in [5.41, 5.74) is -2.97. The highest BCUT2D eigenvalue weighted by Gasteiger charge is 2.66. The second-order valence-electron chi connectivity index (χ2n) is 6.72. The van der Waals surface area contributed by atoms with E-state index in [0.29, 0.717) is 0 Å². The van der Waals surface area contributed by atoms with Crippen molar-refractivity contribution in [1.29, 1.82) is 0 Å². The van der Waals surface area contributed by atoms with E-state index in [9.17, 15) is 27.9 Å². The Bertz CT molecular complexity index is 966. The van der Waals surface area contributed by atoms with Crippen LogP contribution in [0, 0.1) is 12.8 Å². The molecule has 2 aromatic carbocycles. The standard InChI is InChI=1S/C19H15Cl2F3N2O3/c1-9-2-4-10(5-3-9)16(27)14-15(11-6-7-12(20)13(21)8-11)25-17(28)26-18(14,29)19(22,23)24/h2-8,14-15,29H,1H3,(H2,25,26,28)/t14-,15+,18+/m0/s1. The lowest BCUT2D eigenvalue weighted by Crippen LogP contribution is -2.72. The predicted octanol–water partition coefficient (Wildman–Crippen LogP) is 4.41. The van der Waals surface area contributed by atoms with Crippen LogP contribution in [0.25, 0.3) is 0 Å². The molecule has 10 heteroatoms. The molecule has 0 saturated carbocycles. The van der Waals surface area contributed by atoms with Crippen molar-refractivity contribution < 1.29 is 27.9 Å². The Kier molecular flexibility index (Phi) is 5.55. The maximum absolute atomic E-state index is 13.8. The van der Waals surface area contributed by atoms with E-state index in [0.717, 1.165) is 5.56 Å². The Morgan fingerprint density at radius 3 is 2.28 bits per heavy atom. The Labute approximate surface area is 173 Å². The molecule has 0 aliphatic carbocycles. The number of aliphatic hydroxyl groups is 1. The Hall–Kier alpha value is -2.29. The van der Waals surface area contributed by atoms with Gasteiger partial charge in [0.15, 0.2) is 5.78 Å². The van der Waals surface area contributed by atoms with Crippen LogP contribution in [0.5, 0.6) is 0 Å². The highest BCUT2D eigenvalue weighted by Crippen LogP contribution is 2.44. The van der Waals surface area contributed by atoms with E-state index < -0.39 is 35.7 Å². The molecule has 0 unspecified atom stereocenters. The van der Waals surface area contributed by atoms with Crippen molar-refractivity contribution in [2.75, 3.05) is 0 Å². The number of carbonyl (C=O) groups is 2. The second-order valence-corrected chi connectivity index (χ2v) is 7.54. The Balaban J connectivity index is 2.17. The summed E-state index contributed by atoms with van der Waals surface area (Å²) in [6, 6.07) is 6.93. The van der Waals surface area contributed by atoms with E-state index in [4.69, 9.17) is 23.2 Å². The number of hydrogen-bond acceptors (Lipinski definition) is 3. The van der Waals surface area contributed by atoms with Crippen LogP contribution in [-0.4, -0.2) is 28.8 Å². The first-order chi connectivity index (χ1) is 13.4. The zero-order valence-corrected chi connectivity index (χ0v) is 16.4. The van der Waals surface area contributed by atoms with Gasteiger partial charge in [0.05, 0.1) is 16.1 Å². The zero-order valence-electron chi connectivity index (χ0n) is 14.8. The molecule has 2 amide bonds. The molecule has 1 heterocycles. The highest BCUT2D eigenvalue weighted by molar-refractivity contribution is 6.42. The Morgan fingerprint density at radius 1 is 1.10 bits per heavy atom. The van der Waals surface area contributed by atoms with Crippen molar-refractivity contribution >= 4 is 35.0 Å². The molecule has 2 aromatic rings. The first-order valence-corrected chi connectivity index (χ1v) is 9.13. The van der Waals surface area contributed by atoms with E-state index in [-0.39, 0.29) is 21.2 Å². The maximum atomic E-state index is 13.8. The van der Waals surface area contributed by atoms with Crippen LogP contribution in [0.15, 0.2) is 42.5 Å². The molecule has 154 valence electrons. The molecule has 0 bridgehead atoms. The van der Waals surface area contributed by atoms with Crippen molar-refractivity contribution in [3.63, 3.8) is 0 Å². The normalized spacial score (nSPS) is 24.6. The number of Topliss-reactive ketones (excluding diaryl/α,β-unsaturated/α-hetero) is 1. The molecule has 3 rings (SSSR count). The minimum Gasteiger partial charge on any atom is -0.363 e. The molecule has 29 heavy (non-hydrogen) atoms. The van der Waals surface area contributed by atoms with Crippen molar-refractivity contribution in [1.82, 2.24) is 10.6 Å². The summed E-state index contributed by atoms with van der Waals surface area (Å²) < 4.78 is 41.5. The molecular weight excluding hydrogens is 432 g/mol. The van der Waals surface area contributed by atoms with Gasteiger partial charge in [-0.3, -0.25) is 4.79 Å². The van der Waals surface area contributed by atoms with Gasteiger partial charge in [-0.25, -0.2) is 4.79 Å². The van der Waals surface area contributed by atoms with Gasteiger partial charge in [-0.2, -0.15) is 13.2 Å². The van der Waals surface area contributed by atoms with Crippen LogP contribution in [0.4, 0.5) is 18.0 Å². The van der Waals surface area contributed by atoms with Crippen LogP contribution >= 0.6 is 23.2 Å². The molecule has 0 aromatic heterocycles. The number of rotatable bonds is 3. The number of urea groups is 1. The topological polar surface area (TPSA) is 78.4 Å². The number of benzene rings is 2. The van der Waals surface area contributed by atoms with Crippen LogP contribution < -0.4 is 10.6 Å². The van der Waals surface area contributed by atoms with Gasteiger partial charge in [-0.1, -0.05) is 59.1 Å². The van der Waals surface area contributed by atoms with Gasteiger partial charge < -0.3 is 15.7 Å². The van der Waals surface area contributed by atoms with E-state index in [1.54, 1.807) is 19.1 Å². The summed E-state index contributed by atoms with van der Waals surface area (Å²) in [5, 5.41) is 14.4. The number of alkyl halides is 3. The van der Waals surface area contributed by atoms with Gasteiger partial charge in [0.1, 0.15) is 5.92 Å². The molecule has 3 N–H and O–H groups in total. The van der Waals surface area contributed by atoms with Crippen LogP contribution in [0.3, 0.4) is 0 Å². The third-order valence-electron chi connectivity index (χ3n) is 4.73. The number of nitrogens with one attached hydrogen (secondary N) is 2. The fourth-order valence-electron chi connectivity index (χ4n) is 3.22. The summed E-state index contributed by atoms with van der Waals surface area (Å²) in [5.74, 6) is -3.13. The van der Waals surface area contributed by atoms with Crippen LogP contribution in [-0.2, 0) is 0 Å². The monoisotopic (exact) mass is 446 g/mol. The van der Waals surface area contributed by atoms with Crippen LogP contribution in [0.2, 0.25) is 10.0 Å². The first-order valence-electron chi connectivity index (χ1n) is 8.37. The minimum absolute atomic E-state index is 0.0223. The average molecular weight is 447 g/mol.